The van der Waals surface area contributed by atoms with Gasteiger partial charge in [-0.15, -0.1) is 0 Å². The van der Waals surface area contributed by atoms with Crippen LogP contribution in [0, 0.1) is 12.3 Å². The Morgan fingerprint density at radius 3 is 2.00 bits per heavy atom. The van der Waals surface area contributed by atoms with Crippen molar-refractivity contribution in [2.75, 3.05) is 5.32 Å². The molecule has 0 spiro atoms. The number of rotatable bonds is 3. The lowest BCUT2D eigenvalue weighted by Crippen LogP contribution is -2.52. The monoisotopic (exact) mass is 336 g/mol. The summed E-state index contributed by atoms with van der Waals surface area (Å²) in [5, 5.41) is 5.74. The van der Waals surface area contributed by atoms with Crippen molar-refractivity contribution in [2.45, 2.75) is 37.7 Å². The molecule has 2 N–H and O–H groups in total. The summed E-state index contributed by atoms with van der Waals surface area (Å²) in [6.45, 7) is 7.37. The van der Waals surface area contributed by atoms with E-state index in [1.807, 2.05) is 31.2 Å². The third kappa shape index (κ3) is 5.39. The lowest BCUT2D eigenvalue weighted by molar-refractivity contribution is -0.129. The van der Waals surface area contributed by atoms with E-state index in [-0.39, 0.29) is 5.91 Å². The van der Waals surface area contributed by atoms with Gasteiger partial charge in [-0.05, 0) is 19.1 Å². The van der Waals surface area contributed by atoms with Gasteiger partial charge in [0.15, 0.2) is 0 Å². The van der Waals surface area contributed by atoms with E-state index in [0.717, 1.165) is 11.3 Å². The van der Waals surface area contributed by atoms with E-state index < -0.39 is 15.4 Å². The Balaban J connectivity index is 2.86. The first kappa shape index (κ1) is 17.4. The first-order valence-corrected chi connectivity index (χ1v) is 7.34. The van der Waals surface area contributed by atoms with Crippen LogP contribution in [0.25, 0.3) is 0 Å². The molecule has 20 heavy (non-hydrogen) atoms. The van der Waals surface area contributed by atoms with Crippen molar-refractivity contribution >= 4 is 46.4 Å². The van der Waals surface area contributed by atoms with Crippen LogP contribution >= 0.6 is 34.8 Å². The van der Waals surface area contributed by atoms with E-state index in [1.165, 1.54) is 0 Å². The Kier molecular flexibility index (Phi) is 5.59. The molecule has 0 heterocycles. The second-order valence-corrected chi connectivity index (χ2v) is 8.08. The van der Waals surface area contributed by atoms with E-state index >= 15 is 0 Å². The molecule has 0 fully saturated rings. The van der Waals surface area contributed by atoms with Crippen LogP contribution in [0.15, 0.2) is 24.3 Å². The van der Waals surface area contributed by atoms with Gasteiger partial charge in [0.2, 0.25) is 9.70 Å². The van der Waals surface area contributed by atoms with E-state index in [4.69, 9.17) is 34.8 Å². The first-order valence-electron chi connectivity index (χ1n) is 6.21. The number of alkyl halides is 3. The van der Waals surface area contributed by atoms with Crippen LogP contribution in [0.5, 0.6) is 0 Å². The van der Waals surface area contributed by atoms with Gasteiger partial charge in [0.1, 0.15) is 6.17 Å². The van der Waals surface area contributed by atoms with Crippen LogP contribution in [0.1, 0.15) is 26.3 Å². The molecule has 0 bridgehead atoms. The number of amides is 1. The van der Waals surface area contributed by atoms with Crippen LogP contribution in [0.4, 0.5) is 5.69 Å². The molecule has 0 aliphatic heterocycles. The molecule has 1 atom stereocenters. The quantitative estimate of drug-likeness (QED) is 0.639. The minimum absolute atomic E-state index is 0.201. The summed E-state index contributed by atoms with van der Waals surface area (Å²) in [6.07, 6.45) is -0.818. The maximum Gasteiger partial charge on any atom is 0.228 e. The zero-order valence-electron chi connectivity index (χ0n) is 11.9. The maximum atomic E-state index is 12.0. The minimum Gasteiger partial charge on any atom is -0.362 e. The van der Waals surface area contributed by atoms with Gasteiger partial charge in [0.25, 0.3) is 0 Å². The fourth-order valence-corrected chi connectivity index (χ4v) is 1.69. The second kappa shape index (κ2) is 6.42. The lowest BCUT2D eigenvalue weighted by Gasteiger charge is -2.30. The fraction of sp³-hybridized carbons (Fsp3) is 0.500. The van der Waals surface area contributed by atoms with Crippen molar-refractivity contribution in [3.63, 3.8) is 0 Å². The summed E-state index contributed by atoms with van der Waals surface area (Å²) in [4.78, 5) is 12.0. The Morgan fingerprint density at radius 2 is 1.60 bits per heavy atom. The standard InChI is InChI=1S/C14H19Cl3N2O/c1-9-5-7-10(8-6-9)18-11(14(15,16)17)19-12(20)13(2,3)4/h5-8,11,18H,1-4H3,(H,19,20). The molecule has 3 nitrogen and oxygen atoms in total. The molecule has 112 valence electrons. The third-order valence-corrected chi connectivity index (χ3v) is 3.30. The Hall–Kier alpha value is -0.640. The topological polar surface area (TPSA) is 41.1 Å². The zero-order chi connectivity index (χ0) is 15.6. The number of carbonyl (C=O) groups is 1. The highest BCUT2D eigenvalue weighted by atomic mass is 35.6. The van der Waals surface area contributed by atoms with E-state index in [0.29, 0.717) is 0 Å². The molecule has 0 aromatic heterocycles. The van der Waals surface area contributed by atoms with Crippen molar-refractivity contribution in [1.82, 2.24) is 5.32 Å². The molecule has 0 saturated heterocycles. The Bertz CT molecular complexity index is 461. The van der Waals surface area contributed by atoms with Crippen molar-refractivity contribution in [3.05, 3.63) is 29.8 Å². The highest BCUT2D eigenvalue weighted by Gasteiger charge is 2.36. The van der Waals surface area contributed by atoms with Gasteiger partial charge in [-0.3, -0.25) is 4.79 Å². The molecule has 0 saturated carbocycles. The van der Waals surface area contributed by atoms with E-state index in [9.17, 15) is 4.79 Å². The predicted octanol–water partition coefficient (Wildman–Crippen LogP) is 4.27. The van der Waals surface area contributed by atoms with Crippen molar-refractivity contribution in [1.29, 1.82) is 0 Å². The summed E-state index contributed by atoms with van der Waals surface area (Å²) in [5.74, 6) is -0.201. The predicted molar refractivity (Wildman–Crippen MR) is 86.5 cm³/mol. The largest absolute Gasteiger partial charge is 0.362 e. The van der Waals surface area contributed by atoms with Crippen LogP contribution in [-0.4, -0.2) is 15.9 Å². The van der Waals surface area contributed by atoms with E-state index in [2.05, 4.69) is 10.6 Å². The second-order valence-electron chi connectivity index (χ2n) is 5.71. The summed E-state index contributed by atoms with van der Waals surface area (Å²) < 4.78 is -1.66. The molecule has 0 radical (unpaired) electrons. The molecule has 0 aliphatic rings. The zero-order valence-corrected chi connectivity index (χ0v) is 14.2. The SMILES string of the molecule is Cc1ccc(NC(NC(=O)C(C)(C)C)C(Cl)(Cl)Cl)cc1. The van der Waals surface area contributed by atoms with Gasteiger partial charge < -0.3 is 10.6 Å². The number of benzene rings is 1. The van der Waals surface area contributed by atoms with Crippen molar-refractivity contribution < 1.29 is 4.79 Å². The number of hydrogen-bond acceptors (Lipinski definition) is 2. The molecular weight excluding hydrogens is 319 g/mol. The summed E-state index contributed by atoms with van der Waals surface area (Å²) in [7, 11) is 0. The van der Waals surface area contributed by atoms with Crippen LogP contribution in [-0.2, 0) is 4.79 Å². The smallest absolute Gasteiger partial charge is 0.228 e. The van der Waals surface area contributed by atoms with Gasteiger partial charge in [0, 0.05) is 11.1 Å². The van der Waals surface area contributed by atoms with Gasteiger partial charge in [-0.2, -0.15) is 0 Å². The molecule has 1 aromatic rings. The number of anilines is 1. The van der Waals surface area contributed by atoms with Crippen molar-refractivity contribution in [3.8, 4) is 0 Å². The van der Waals surface area contributed by atoms with Gasteiger partial charge in [0.05, 0.1) is 0 Å². The number of carbonyl (C=O) groups excluding carboxylic acids is 1. The molecule has 6 heteroatoms. The summed E-state index contributed by atoms with van der Waals surface area (Å²) in [6, 6.07) is 7.59. The average Bonchev–Trinajstić information content (AvgIpc) is 2.28. The molecule has 1 aromatic carbocycles. The lowest BCUT2D eigenvalue weighted by atomic mass is 9.95. The Labute approximate surface area is 135 Å². The third-order valence-electron chi connectivity index (χ3n) is 2.65. The molecule has 1 unspecified atom stereocenters. The number of aryl methyl sites for hydroxylation is 1. The number of halogens is 3. The van der Waals surface area contributed by atoms with Crippen molar-refractivity contribution in [2.24, 2.45) is 5.41 Å². The van der Waals surface area contributed by atoms with Crippen LogP contribution in [0.3, 0.4) is 0 Å². The number of hydrogen-bond donors (Lipinski definition) is 2. The number of nitrogens with one attached hydrogen (secondary N) is 2. The normalized spacial score (nSPS) is 13.8. The molecule has 0 aliphatic carbocycles. The van der Waals surface area contributed by atoms with E-state index in [1.54, 1.807) is 20.8 Å². The Morgan fingerprint density at radius 1 is 1.10 bits per heavy atom. The van der Waals surface area contributed by atoms with Crippen LogP contribution < -0.4 is 10.6 Å². The van der Waals surface area contributed by atoms with Gasteiger partial charge in [-0.25, -0.2) is 0 Å². The first-order chi connectivity index (χ1) is 9.00. The van der Waals surface area contributed by atoms with Gasteiger partial charge in [-0.1, -0.05) is 73.3 Å². The van der Waals surface area contributed by atoms with Gasteiger partial charge >= 0.3 is 0 Å². The molecule has 1 rings (SSSR count). The average molecular weight is 338 g/mol. The molecular formula is C14H19Cl3N2O. The highest BCUT2D eigenvalue weighted by Crippen LogP contribution is 2.31. The summed E-state index contributed by atoms with van der Waals surface area (Å²) >= 11 is 17.8. The summed E-state index contributed by atoms with van der Waals surface area (Å²) in [5.41, 5.74) is 1.32. The highest BCUT2D eigenvalue weighted by molar-refractivity contribution is 6.68. The van der Waals surface area contributed by atoms with Crippen LogP contribution in [0.2, 0.25) is 0 Å². The fourth-order valence-electron chi connectivity index (χ4n) is 1.36. The maximum absolute atomic E-state index is 12.0. The molecule has 1 amide bonds. The minimum atomic E-state index is -1.66.